The second-order valence-corrected chi connectivity index (χ2v) is 7.43. The van der Waals surface area contributed by atoms with Crippen LogP contribution in [-0.2, 0) is 16.6 Å². The van der Waals surface area contributed by atoms with E-state index in [1.165, 1.54) is 12.4 Å². The molecule has 2 aromatic heterocycles. The van der Waals surface area contributed by atoms with Gasteiger partial charge in [0.1, 0.15) is 17.3 Å². The molecule has 0 aliphatic carbocycles. The van der Waals surface area contributed by atoms with Gasteiger partial charge in [-0.05, 0) is 26.0 Å². The Morgan fingerprint density at radius 1 is 1.28 bits per heavy atom. The summed E-state index contributed by atoms with van der Waals surface area (Å²) in [4.78, 5) is 4.24. The highest BCUT2D eigenvalue weighted by molar-refractivity contribution is 7.89. The number of fused-ring (bicyclic) bond motifs is 1. The number of benzene rings is 1. The van der Waals surface area contributed by atoms with Gasteiger partial charge in [0, 0.05) is 35.9 Å². The number of aryl methyl sites for hydroxylation is 1. The summed E-state index contributed by atoms with van der Waals surface area (Å²) in [6, 6.07) is 7.17. The minimum absolute atomic E-state index is 0.150. The van der Waals surface area contributed by atoms with E-state index in [0.717, 1.165) is 10.8 Å². The minimum Gasteiger partial charge on any atom is -0.491 e. The smallest absolute Gasteiger partial charge is 0.244 e. The summed E-state index contributed by atoms with van der Waals surface area (Å²) in [5, 5.41) is 5.91. The Balaban J connectivity index is 1.67. The van der Waals surface area contributed by atoms with Gasteiger partial charge >= 0.3 is 0 Å². The van der Waals surface area contributed by atoms with Gasteiger partial charge in [-0.3, -0.25) is 9.67 Å². The number of nitrogens with zero attached hydrogens (tertiary/aromatic N) is 3. The van der Waals surface area contributed by atoms with Crippen LogP contribution in [0.25, 0.3) is 10.8 Å². The van der Waals surface area contributed by atoms with Gasteiger partial charge in [0.05, 0.1) is 12.2 Å². The summed E-state index contributed by atoms with van der Waals surface area (Å²) in [5.41, 5.74) is 0. The number of nitrogens with one attached hydrogen (secondary N) is 1. The van der Waals surface area contributed by atoms with Crippen LogP contribution in [0.3, 0.4) is 0 Å². The van der Waals surface area contributed by atoms with Crippen molar-refractivity contribution in [2.75, 3.05) is 6.61 Å². The van der Waals surface area contributed by atoms with E-state index in [9.17, 15) is 8.42 Å². The Bertz CT molecular complexity index is 963. The summed E-state index contributed by atoms with van der Waals surface area (Å²) < 4.78 is 34.7. The fourth-order valence-electron chi connectivity index (χ4n) is 2.46. The van der Waals surface area contributed by atoms with Crippen LogP contribution < -0.4 is 9.46 Å². The van der Waals surface area contributed by atoms with E-state index in [1.807, 2.05) is 31.2 Å². The summed E-state index contributed by atoms with van der Waals surface area (Å²) in [6.45, 7) is 4.48. The molecule has 2 heterocycles. The molecular formula is C17H20N4O3S. The molecule has 0 radical (unpaired) electrons. The number of sulfonamides is 1. The first-order valence-corrected chi connectivity index (χ1v) is 9.48. The van der Waals surface area contributed by atoms with Crippen LogP contribution in [0.2, 0.25) is 0 Å². The van der Waals surface area contributed by atoms with E-state index in [0.29, 0.717) is 12.3 Å². The second-order valence-electron chi connectivity index (χ2n) is 5.72. The molecule has 0 saturated carbocycles. The van der Waals surface area contributed by atoms with Crippen molar-refractivity contribution < 1.29 is 13.2 Å². The molecule has 0 fully saturated rings. The Morgan fingerprint density at radius 2 is 2.12 bits per heavy atom. The third-order valence-corrected chi connectivity index (χ3v) is 5.27. The largest absolute Gasteiger partial charge is 0.491 e. The van der Waals surface area contributed by atoms with E-state index in [4.69, 9.17) is 4.74 Å². The van der Waals surface area contributed by atoms with E-state index in [-0.39, 0.29) is 11.5 Å². The van der Waals surface area contributed by atoms with Gasteiger partial charge < -0.3 is 4.74 Å². The van der Waals surface area contributed by atoms with E-state index in [1.54, 1.807) is 24.0 Å². The van der Waals surface area contributed by atoms with Crippen molar-refractivity contribution in [3.63, 3.8) is 0 Å². The summed E-state index contributed by atoms with van der Waals surface area (Å²) >= 11 is 0. The molecule has 0 unspecified atom stereocenters. The molecular weight excluding hydrogens is 340 g/mol. The van der Waals surface area contributed by atoms with Crippen molar-refractivity contribution in [2.24, 2.45) is 0 Å². The Kier molecular flexibility index (Phi) is 5.00. The van der Waals surface area contributed by atoms with Gasteiger partial charge in [0.2, 0.25) is 10.0 Å². The molecule has 0 aliphatic heterocycles. The first-order chi connectivity index (χ1) is 12.0. The van der Waals surface area contributed by atoms with Crippen LogP contribution >= 0.6 is 0 Å². The van der Waals surface area contributed by atoms with Crippen LogP contribution in [0.4, 0.5) is 0 Å². The molecule has 0 bridgehead atoms. The average Bonchev–Trinajstić information content (AvgIpc) is 3.10. The van der Waals surface area contributed by atoms with Crippen molar-refractivity contribution in [1.29, 1.82) is 0 Å². The van der Waals surface area contributed by atoms with E-state index >= 15 is 0 Å². The number of pyridine rings is 1. The van der Waals surface area contributed by atoms with E-state index in [2.05, 4.69) is 14.8 Å². The predicted molar refractivity (Wildman–Crippen MR) is 94.9 cm³/mol. The monoisotopic (exact) mass is 360 g/mol. The van der Waals surface area contributed by atoms with Gasteiger partial charge in [-0.25, -0.2) is 13.1 Å². The van der Waals surface area contributed by atoms with Gasteiger partial charge in [-0.2, -0.15) is 5.10 Å². The highest BCUT2D eigenvalue weighted by atomic mass is 32.2. The van der Waals surface area contributed by atoms with Crippen molar-refractivity contribution >= 4 is 20.8 Å². The number of hydrogen-bond acceptors (Lipinski definition) is 5. The zero-order chi connectivity index (χ0) is 17.9. The number of aromatic nitrogens is 3. The number of hydrogen-bond donors (Lipinski definition) is 1. The van der Waals surface area contributed by atoms with Gasteiger partial charge in [0.25, 0.3) is 0 Å². The Hall–Kier alpha value is -2.45. The zero-order valence-electron chi connectivity index (χ0n) is 14.1. The molecule has 1 atom stereocenters. The highest BCUT2D eigenvalue weighted by Gasteiger charge is 2.19. The fraction of sp³-hybridized carbons (Fsp3) is 0.294. The molecule has 3 aromatic rings. The molecule has 1 aromatic carbocycles. The lowest BCUT2D eigenvalue weighted by molar-refractivity contribution is 0.290. The lowest BCUT2D eigenvalue weighted by Crippen LogP contribution is -2.36. The standard InChI is InChI=1S/C17H20N4O3S/c1-3-21-11-15(10-19-21)25(22,23)20-13(2)12-24-17-6-4-5-14-9-18-8-7-16(14)17/h4-11,13,20H,3,12H2,1-2H3/t13-/m0/s1. The molecule has 132 valence electrons. The van der Waals surface area contributed by atoms with Crippen molar-refractivity contribution in [2.45, 2.75) is 31.3 Å². The molecule has 7 nitrogen and oxygen atoms in total. The van der Waals surface area contributed by atoms with Gasteiger partial charge in [-0.15, -0.1) is 0 Å². The number of ether oxygens (including phenoxy) is 1. The normalized spacial score (nSPS) is 13.0. The molecule has 0 saturated heterocycles. The zero-order valence-corrected chi connectivity index (χ0v) is 14.9. The Morgan fingerprint density at radius 3 is 2.88 bits per heavy atom. The molecule has 25 heavy (non-hydrogen) atoms. The SMILES string of the molecule is CCn1cc(S(=O)(=O)N[C@@H](C)COc2cccc3cnccc23)cn1. The molecule has 0 amide bonds. The van der Waals surface area contributed by atoms with Gasteiger partial charge in [-0.1, -0.05) is 12.1 Å². The van der Waals surface area contributed by atoms with Crippen LogP contribution in [0.5, 0.6) is 5.75 Å². The quantitative estimate of drug-likeness (QED) is 0.698. The number of rotatable bonds is 7. The molecule has 8 heteroatoms. The Labute approximate surface area is 146 Å². The molecule has 3 rings (SSSR count). The topological polar surface area (TPSA) is 86.1 Å². The maximum Gasteiger partial charge on any atom is 0.244 e. The fourth-order valence-corrected chi connectivity index (χ4v) is 3.64. The predicted octanol–water partition coefficient (Wildman–Crippen LogP) is 2.20. The highest BCUT2D eigenvalue weighted by Crippen LogP contribution is 2.24. The lowest BCUT2D eigenvalue weighted by Gasteiger charge is -2.15. The maximum absolute atomic E-state index is 12.4. The summed E-state index contributed by atoms with van der Waals surface area (Å²) in [5.74, 6) is 0.699. The van der Waals surface area contributed by atoms with Crippen molar-refractivity contribution in [3.8, 4) is 5.75 Å². The molecule has 1 N–H and O–H groups in total. The first kappa shape index (κ1) is 17.4. The third-order valence-electron chi connectivity index (χ3n) is 3.73. The first-order valence-electron chi connectivity index (χ1n) is 8.00. The second kappa shape index (κ2) is 7.20. The van der Waals surface area contributed by atoms with E-state index < -0.39 is 16.1 Å². The van der Waals surface area contributed by atoms with Gasteiger partial charge in [0.15, 0.2) is 0 Å². The summed E-state index contributed by atoms with van der Waals surface area (Å²) in [6.07, 6.45) is 6.32. The molecule has 0 spiro atoms. The lowest BCUT2D eigenvalue weighted by atomic mass is 10.1. The van der Waals surface area contributed by atoms with Crippen LogP contribution in [-0.4, -0.2) is 35.8 Å². The average molecular weight is 360 g/mol. The van der Waals surface area contributed by atoms with Crippen LogP contribution in [0, 0.1) is 0 Å². The molecule has 0 aliphatic rings. The van der Waals surface area contributed by atoms with Crippen molar-refractivity contribution in [3.05, 3.63) is 49.1 Å². The third kappa shape index (κ3) is 3.97. The van der Waals surface area contributed by atoms with Crippen molar-refractivity contribution in [1.82, 2.24) is 19.5 Å². The minimum atomic E-state index is -3.62. The summed E-state index contributed by atoms with van der Waals surface area (Å²) in [7, 11) is -3.62. The van der Waals surface area contributed by atoms with Crippen LogP contribution in [0.1, 0.15) is 13.8 Å². The van der Waals surface area contributed by atoms with Crippen LogP contribution in [0.15, 0.2) is 53.9 Å². The maximum atomic E-state index is 12.4.